The molecule has 0 aromatic heterocycles. The molecule has 3 aliphatic rings. The molecule has 1 aromatic carbocycles. The number of hydrogen-bond acceptors (Lipinski definition) is 4. The van der Waals surface area contributed by atoms with E-state index in [9.17, 15) is 9.59 Å². The Labute approximate surface area is 166 Å². The van der Waals surface area contributed by atoms with Gasteiger partial charge in [0, 0.05) is 24.4 Å². The normalized spacial score (nSPS) is 33.1. The lowest BCUT2D eigenvalue weighted by Crippen LogP contribution is -2.61. The van der Waals surface area contributed by atoms with Crippen LogP contribution < -0.4 is 20.7 Å². The van der Waals surface area contributed by atoms with Crippen LogP contribution in [0.4, 0.5) is 0 Å². The number of carbonyl (C=O) groups is 2. The molecule has 1 saturated carbocycles. The first-order chi connectivity index (χ1) is 13.6. The monoisotopic (exact) mass is 385 g/mol. The van der Waals surface area contributed by atoms with Crippen LogP contribution in [-0.2, 0) is 9.59 Å². The van der Waals surface area contributed by atoms with Gasteiger partial charge in [-0.15, -0.1) is 0 Å². The molecule has 28 heavy (non-hydrogen) atoms. The highest BCUT2D eigenvalue weighted by Crippen LogP contribution is 2.44. The van der Waals surface area contributed by atoms with Crippen LogP contribution in [0, 0.1) is 23.7 Å². The van der Waals surface area contributed by atoms with Gasteiger partial charge in [0.25, 0.3) is 0 Å². The van der Waals surface area contributed by atoms with Crippen LogP contribution >= 0.6 is 0 Å². The SMILES string of the molecule is COc1cccc([C@@H](C)NC(=O)C2CCC3C(C2)C(=O)NC2CNCCC23)c1. The van der Waals surface area contributed by atoms with Crippen molar-refractivity contribution < 1.29 is 14.3 Å². The highest BCUT2D eigenvalue weighted by Gasteiger charge is 2.48. The molecule has 152 valence electrons. The zero-order valence-electron chi connectivity index (χ0n) is 16.7. The second-order valence-electron chi connectivity index (χ2n) is 8.56. The fourth-order valence-corrected chi connectivity index (χ4v) is 5.41. The summed E-state index contributed by atoms with van der Waals surface area (Å²) >= 11 is 0. The highest BCUT2D eigenvalue weighted by atomic mass is 16.5. The molecule has 0 radical (unpaired) electrons. The number of nitrogens with one attached hydrogen (secondary N) is 3. The summed E-state index contributed by atoms with van der Waals surface area (Å²) < 4.78 is 5.28. The quantitative estimate of drug-likeness (QED) is 0.741. The molecular formula is C22H31N3O3. The number of methoxy groups -OCH3 is 1. The minimum absolute atomic E-state index is 0.0176. The van der Waals surface area contributed by atoms with Gasteiger partial charge >= 0.3 is 0 Å². The Bertz CT molecular complexity index is 737. The van der Waals surface area contributed by atoms with E-state index in [2.05, 4.69) is 16.0 Å². The third kappa shape index (κ3) is 3.75. The van der Waals surface area contributed by atoms with E-state index in [1.807, 2.05) is 31.2 Å². The van der Waals surface area contributed by atoms with E-state index in [0.717, 1.165) is 43.7 Å². The van der Waals surface area contributed by atoms with Crippen molar-refractivity contribution in [2.24, 2.45) is 23.7 Å². The summed E-state index contributed by atoms with van der Waals surface area (Å²) in [6.07, 6.45) is 3.65. The molecule has 2 amide bonds. The summed E-state index contributed by atoms with van der Waals surface area (Å²) in [6, 6.07) is 7.96. The second-order valence-corrected chi connectivity index (χ2v) is 8.56. The summed E-state index contributed by atoms with van der Waals surface area (Å²) in [5.41, 5.74) is 1.02. The van der Waals surface area contributed by atoms with E-state index < -0.39 is 0 Å². The smallest absolute Gasteiger partial charge is 0.223 e. The van der Waals surface area contributed by atoms with Gasteiger partial charge in [0.05, 0.1) is 13.2 Å². The Balaban J connectivity index is 1.39. The summed E-state index contributed by atoms with van der Waals surface area (Å²) in [4.78, 5) is 25.6. The fourth-order valence-electron chi connectivity index (χ4n) is 5.41. The van der Waals surface area contributed by atoms with Crippen LogP contribution in [0.3, 0.4) is 0 Å². The number of piperidine rings is 2. The molecule has 2 saturated heterocycles. The first-order valence-electron chi connectivity index (χ1n) is 10.5. The van der Waals surface area contributed by atoms with Crippen molar-refractivity contribution in [1.82, 2.24) is 16.0 Å². The molecule has 6 atom stereocenters. The molecule has 6 heteroatoms. The van der Waals surface area contributed by atoms with Crippen molar-refractivity contribution in [2.45, 2.75) is 44.7 Å². The molecule has 2 heterocycles. The van der Waals surface area contributed by atoms with Gasteiger partial charge in [0.1, 0.15) is 5.75 Å². The third-order valence-corrected chi connectivity index (χ3v) is 6.98. The Morgan fingerprint density at radius 3 is 2.93 bits per heavy atom. The molecular weight excluding hydrogens is 354 g/mol. The number of ether oxygens (including phenoxy) is 1. The average molecular weight is 386 g/mol. The Hall–Kier alpha value is -2.08. The topological polar surface area (TPSA) is 79.5 Å². The van der Waals surface area contributed by atoms with E-state index in [-0.39, 0.29) is 35.7 Å². The number of benzene rings is 1. The lowest BCUT2D eigenvalue weighted by molar-refractivity contribution is -0.139. The van der Waals surface area contributed by atoms with Gasteiger partial charge in [0.2, 0.25) is 11.8 Å². The first-order valence-corrected chi connectivity index (χ1v) is 10.5. The van der Waals surface area contributed by atoms with Crippen molar-refractivity contribution in [1.29, 1.82) is 0 Å². The van der Waals surface area contributed by atoms with Crippen molar-refractivity contribution in [3.05, 3.63) is 29.8 Å². The molecule has 0 spiro atoms. The van der Waals surface area contributed by atoms with Crippen molar-refractivity contribution in [2.75, 3.05) is 20.2 Å². The molecule has 2 aliphatic heterocycles. The number of hydrogen-bond donors (Lipinski definition) is 3. The predicted octanol–water partition coefficient (Wildman–Crippen LogP) is 2.01. The number of rotatable bonds is 4. The number of fused-ring (bicyclic) bond motifs is 3. The minimum atomic E-state index is -0.0886. The number of amides is 2. The van der Waals surface area contributed by atoms with Gasteiger partial charge < -0.3 is 20.7 Å². The Morgan fingerprint density at radius 1 is 1.25 bits per heavy atom. The van der Waals surface area contributed by atoms with E-state index in [1.165, 1.54) is 0 Å². The highest BCUT2D eigenvalue weighted by molar-refractivity contribution is 5.83. The predicted molar refractivity (Wildman–Crippen MR) is 107 cm³/mol. The summed E-state index contributed by atoms with van der Waals surface area (Å²) in [5.74, 6) is 1.88. The van der Waals surface area contributed by atoms with Crippen LogP contribution in [0.2, 0.25) is 0 Å². The minimum Gasteiger partial charge on any atom is -0.497 e. The Kier molecular flexibility index (Phi) is 5.58. The van der Waals surface area contributed by atoms with Crippen LogP contribution in [0.5, 0.6) is 5.75 Å². The average Bonchev–Trinajstić information content (AvgIpc) is 2.73. The summed E-state index contributed by atoms with van der Waals surface area (Å²) in [5, 5.41) is 9.74. The molecule has 6 nitrogen and oxygen atoms in total. The molecule has 3 N–H and O–H groups in total. The van der Waals surface area contributed by atoms with E-state index >= 15 is 0 Å². The molecule has 0 bridgehead atoms. The molecule has 5 unspecified atom stereocenters. The number of carbonyl (C=O) groups excluding carboxylic acids is 2. The maximum atomic E-state index is 12.9. The van der Waals surface area contributed by atoms with E-state index in [4.69, 9.17) is 4.74 Å². The third-order valence-electron chi connectivity index (χ3n) is 6.98. The van der Waals surface area contributed by atoms with Gasteiger partial charge in [0.15, 0.2) is 0 Å². The molecule has 1 aromatic rings. The van der Waals surface area contributed by atoms with Crippen molar-refractivity contribution >= 4 is 11.8 Å². The van der Waals surface area contributed by atoms with Gasteiger partial charge in [-0.3, -0.25) is 9.59 Å². The fraction of sp³-hybridized carbons (Fsp3) is 0.636. The lowest BCUT2D eigenvalue weighted by atomic mass is 9.63. The van der Waals surface area contributed by atoms with Gasteiger partial charge in [-0.2, -0.15) is 0 Å². The molecule has 1 aliphatic carbocycles. The molecule has 3 fully saturated rings. The zero-order valence-corrected chi connectivity index (χ0v) is 16.7. The summed E-state index contributed by atoms with van der Waals surface area (Å²) in [7, 11) is 1.64. The van der Waals surface area contributed by atoms with Gasteiger partial charge in [-0.1, -0.05) is 12.1 Å². The zero-order chi connectivity index (χ0) is 19.7. The standard InChI is InChI=1S/C22H31N3O3/c1-13(14-4-3-5-16(10-14)28-2)24-21(26)15-6-7-17-18-8-9-23-12-20(18)25-22(27)19(17)11-15/h3-5,10,13,15,17-20,23H,6-9,11-12H2,1-2H3,(H,24,26)(H,25,27)/t13-,15?,17?,18?,19?,20?/m1/s1. The van der Waals surface area contributed by atoms with Crippen LogP contribution in [-0.4, -0.2) is 38.1 Å². The van der Waals surface area contributed by atoms with Gasteiger partial charge in [-0.05, 0) is 68.7 Å². The first kappa shape index (κ1) is 19.2. The van der Waals surface area contributed by atoms with Crippen molar-refractivity contribution in [3.63, 3.8) is 0 Å². The summed E-state index contributed by atoms with van der Waals surface area (Å²) in [6.45, 7) is 3.90. The second kappa shape index (κ2) is 8.11. The van der Waals surface area contributed by atoms with Crippen LogP contribution in [0.1, 0.15) is 44.2 Å². The van der Waals surface area contributed by atoms with Crippen LogP contribution in [0.25, 0.3) is 0 Å². The lowest BCUT2D eigenvalue weighted by Gasteiger charge is -2.48. The maximum absolute atomic E-state index is 12.9. The van der Waals surface area contributed by atoms with Crippen molar-refractivity contribution in [3.8, 4) is 5.75 Å². The Morgan fingerprint density at radius 2 is 2.11 bits per heavy atom. The van der Waals surface area contributed by atoms with E-state index in [0.29, 0.717) is 18.3 Å². The van der Waals surface area contributed by atoms with E-state index in [1.54, 1.807) is 7.11 Å². The molecule has 4 rings (SSSR count). The van der Waals surface area contributed by atoms with Gasteiger partial charge in [-0.25, -0.2) is 0 Å². The largest absolute Gasteiger partial charge is 0.497 e. The maximum Gasteiger partial charge on any atom is 0.223 e. The van der Waals surface area contributed by atoms with Crippen LogP contribution in [0.15, 0.2) is 24.3 Å².